The zero-order chi connectivity index (χ0) is 16.2. The van der Waals surface area contributed by atoms with Gasteiger partial charge in [-0.2, -0.15) is 10.2 Å². The van der Waals surface area contributed by atoms with Crippen molar-refractivity contribution in [3.05, 3.63) is 36.2 Å². The normalized spacial score (nSPS) is 22.0. The van der Waals surface area contributed by atoms with E-state index in [2.05, 4.69) is 35.0 Å². The molecule has 5 heteroatoms. The number of morpholine rings is 1. The van der Waals surface area contributed by atoms with E-state index in [1.807, 2.05) is 31.3 Å². The molecule has 0 saturated carbocycles. The third-order valence-electron chi connectivity index (χ3n) is 3.93. The first-order valence-corrected chi connectivity index (χ1v) is 8.11. The van der Waals surface area contributed by atoms with E-state index in [9.17, 15) is 0 Å². The summed E-state index contributed by atoms with van der Waals surface area (Å²) in [5, 5.41) is 9.53. The fourth-order valence-corrected chi connectivity index (χ4v) is 3.01. The van der Waals surface area contributed by atoms with Gasteiger partial charge in [0.2, 0.25) is 0 Å². The van der Waals surface area contributed by atoms with Gasteiger partial charge in [0.25, 0.3) is 0 Å². The number of hydrogen-bond acceptors (Lipinski definition) is 5. The molecule has 1 fully saturated rings. The van der Waals surface area contributed by atoms with Gasteiger partial charge in [-0.1, -0.05) is 6.07 Å². The molecular formula is C18H23N3O2. The molecule has 0 amide bonds. The van der Waals surface area contributed by atoms with Crippen molar-refractivity contribution in [2.45, 2.75) is 33.0 Å². The summed E-state index contributed by atoms with van der Waals surface area (Å²) in [7, 11) is 0. The minimum atomic E-state index is 0.211. The Labute approximate surface area is 136 Å². The molecule has 2 heterocycles. The Morgan fingerprint density at radius 2 is 2.09 bits per heavy atom. The van der Waals surface area contributed by atoms with Crippen LogP contribution in [0.3, 0.4) is 0 Å². The highest BCUT2D eigenvalue weighted by Crippen LogP contribution is 2.28. The largest absolute Gasteiger partial charge is 0.501 e. The number of hydrogen-bond donors (Lipinski definition) is 0. The maximum absolute atomic E-state index is 5.83. The predicted octanol–water partition coefficient (Wildman–Crippen LogP) is 3.25. The van der Waals surface area contributed by atoms with Gasteiger partial charge in [0, 0.05) is 18.5 Å². The van der Waals surface area contributed by atoms with Crippen LogP contribution in [0.4, 0.5) is 5.69 Å². The molecule has 1 aliphatic heterocycles. The summed E-state index contributed by atoms with van der Waals surface area (Å²) in [6.45, 7) is 8.59. The Hall–Kier alpha value is -2.14. The lowest BCUT2D eigenvalue weighted by Gasteiger charge is -2.37. The van der Waals surface area contributed by atoms with Gasteiger partial charge >= 0.3 is 0 Å². The molecule has 1 aromatic carbocycles. The van der Waals surface area contributed by atoms with E-state index in [0.29, 0.717) is 6.61 Å². The average Bonchev–Trinajstić information content (AvgIpc) is 2.53. The van der Waals surface area contributed by atoms with Gasteiger partial charge < -0.3 is 14.4 Å². The zero-order valence-electron chi connectivity index (χ0n) is 13.9. The Morgan fingerprint density at radius 3 is 2.83 bits per heavy atom. The van der Waals surface area contributed by atoms with Crippen molar-refractivity contribution in [2.75, 3.05) is 24.6 Å². The van der Waals surface area contributed by atoms with E-state index in [-0.39, 0.29) is 12.2 Å². The van der Waals surface area contributed by atoms with E-state index in [0.717, 1.165) is 35.2 Å². The average molecular weight is 313 g/mol. The lowest BCUT2D eigenvalue weighted by Crippen LogP contribution is -2.45. The van der Waals surface area contributed by atoms with Gasteiger partial charge in [-0.3, -0.25) is 0 Å². The molecule has 2 atom stereocenters. The fraction of sp³-hybridized carbons (Fsp3) is 0.444. The zero-order valence-corrected chi connectivity index (χ0v) is 13.9. The van der Waals surface area contributed by atoms with Crippen LogP contribution in [-0.2, 0) is 9.47 Å². The smallest absolute Gasteiger partial charge is 0.0950 e. The Balaban J connectivity index is 1.97. The molecule has 0 radical (unpaired) electrons. The molecule has 0 spiro atoms. The van der Waals surface area contributed by atoms with Crippen molar-refractivity contribution in [3.63, 3.8) is 0 Å². The second-order valence-corrected chi connectivity index (χ2v) is 5.93. The second-order valence-electron chi connectivity index (χ2n) is 5.93. The van der Waals surface area contributed by atoms with E-state index in [1.165, 1.54) is 0 Å². The van der Waals surface area contributed by atoms with Crippen LogP contribution >= 0.6 is 0 Å². The van der Waals surface area contributed by atoms with Crippen LogP contribution in [0.5, 0.6) is 0 Å². The number of ether oxygens (including phenoxy) is 2. The van der Waals surface area contributed by atoms with Crippen molar-refractivity contribution in [3.8, 4) is 0 Å². The standard InChI is InChI=1S/C18H23N3O2/c1-4-22-8-7-15-5-6-17-16(9-15)18(10-19-20-17)21-11-13(2)23-14(3)12-21/h5-10,13-14H,4,11-12H2,1-3H3/b8-7+/t13-,14+. The van der Waals surface area contributed by atoms with Crippen LogP contribution in [0.1, 0.15) is 26.3 Å². The Bertz CT molecular complexity index is 692. The monoisotopic (exact) mass is 313 g/mol. The van der Waals surface area contributed by atoms with E-state index < -0.39 is 0 Å². The molecule has 23 heavy (non-hydrogen) atoms. The van der Waals surface area contributed by atoms with E-state index >= 15 is 0 Å². The third-order valence-corrected chi connectivity index (χ3v) is 3.93. The summed E-state index contributed by atoms with van der Waals surface area (Å²) < 4.78 is 11.1. The lowest BCUT2D eigenvalue weighted by molar-refractivity contribution is -0.00515. The first-order chi connectivity index (χ1) is 11.2. The molecule has 0 aliphatic carbocycles. The van der Waals surface area contributed by atoms with Crippen molar-refractivity contribution in [1.82, 2.24) is 10.2 Å². The van der Waals surface area contributed by atoms with Crippen molar-refractivity contribution in [1.29, 1.82) is 0 Å². The molecule has 2 aromatic rings. The van der Waals surface area contributed by atoms with Crippen LogP contribution in [0.25, 0.3) is 17.0 Å². The maximum Gasteiger partial charge on any atom is 0.0950 e. The minimum absolute atomic E-state index is 0.211. The van der Waals surface area contributed by atoms with Gasteiger partial charge in [0.1, 0.15) is 0 Å². The van der Waals surface area contributed by atoms with Crippen molar-refractivity contribution < 1.29 is 9.47 Å². The van der Waals surface area contributed by atoms with Gasteiger partial charge in [-0.25, -0.2) is 0 Å². The SMILES string of the molecule is CCO/C=C/c1ccc2nncc(N3C[C@@H](C)O[C@@H](C)C3)c2c1. The highest BCUT2D eigenvalue weighted by Gasteiger charge is 2.23. The molecule has 3 rings (SSSR count). The van der Waals surface area contributed by atoms with Gasteiger partial charge in [0.15, 0.2) is 0 Å². The molecule has 1 aromatic heterocycles. The second kappa shape index (κ2) is 6.96. The Kier molecular flexibility index (Phi) is 4.76. The number of anilines is 1. The van der Waals surface area contributed by atoms with Crippen LogP contribution < -0.4 is 4.90 Å². The fourth-order valence-electron chi connectivity index (χ4n) is 3.01. The number of benzene rings is 1. The molecule has 0 bridgehead atoms. The minimum Gasteiger partial charge on any atom is -0.501 e. The number of fused-ring (bicyclic) bond motifs is 1. The molecular weight excluding hydrogens is 290 g/mol. The van der Waals surface area contributed by atoms with E-state index in [4.69, 9.17) is 9.47 Å². The first kappa shape index (κ1) is 15.7. The number of aromatic nitrogens is 2. The molecule has 0 unspecified atom stereocenters. The van der Waals surface area contributed by atoms with Crippen molar-refractivity contribution >= 4 is 22.7 Å². The molecule has 5 nitrogen and oxygen atoms in total. The third kappa shape index (κ3) is 3.62. The molecule has 1 saturated heterocycles. The van der Waals surface area contributed by atoms with Gasteiger partial charge in [-0.15, -0.1) is 0 Å². The summed E-state index contributed by atoms with van der Waals surface area (Å²) >= 11 is 0. The molecule has 122 valence electrons. The van der Waals surface area contributed by atoms with Gasteiger partial charge in [-0.05, 0) is 44.5 Å². The summed E-state index contributed by atoms with van der Waals surface area (Å²) in [6, 6.07) is 6.17. The number of rotatable bonds is 4. The van der Waals surface area contributed by atoms with Crippen LogP contribution in [-0.4, -0.2) is 42.1 Å². The maximum atomic E-state index is 5.83. The summed E-state index contributed by atoms with van der Waals surface area (Å²) in [5.74, 6) is 0. The van der Waals surface area contributed by atoms with E-state index in [1.54, 1.807) is 6.26 Å². The molecule has 0 N–H and O–H groups in total. The lowest BCUT2D eigenvalue weighted by atomic mass is 10.1. The predicted molar refractivity (Wildman–Crippen MR) is 92.4 cm³/mol. The number of nitrogens with zero attached hydrogens (tertiary/aromatic N) is 3. The Morgan fingerprint density at radius 1 is 1.30 bits per heavy atom. The van der Waals surface area contributed by atoms with Crippen LogP contribution in [0.15, 0.2) is 30.7 Å². The summed E-state index contributed by atoms with van der Waals surface area (Å²) in [5.41, 5.74) is 3.11. The molecule has 1 aliphatic rings. The van der Waals surface area contributed by atoms with Crippen LogP contribution in [0, 0.1) is 0 Å². The van der Waals surface area contributed by atoms with Crippen LogP contribution in [0.2, 0.25) is 0 Å². The first-order valence-electron chi connectivity index (χ1n) is 8.11. The topological polar surface area (TPSA) is 47.5 Å². The summed E-state index contributed by atoms with van der Waals surface area (Å²) in [6.07, 6.45) is 5.97. The quantitative estimate of drug-likeness (QED) is 0.811. The van der Waals surface area contributed by atoms with Gasteiger partial charge in [0.05, 0.1) is 42.5 Å². The highest BCUT2D eigenvalue weighted by atomic mass is 16.5. The highest BCUT2D eigenvalue weighted by molar-refractivity contribution is 5.92. The summed E-state index contributed by atoms with van der Waals surface area (Å²) in [4.78, 5) is 2.34. The van der Waals surface area contributed by atoms with Crippen molar-refractivity contribution in [2.24, 2.45) is 0 Å².